The fourth-order valence-electron chi connectivity index (χ4n) is 3.00. The Morgan fingerprint density at radius 2 is 1.85 bits per heavy atom. The fraction of sp³-hybridized carbons (Fsp3) is 0.158. The first-order valence-corrected chi connectivity index (χ1v) is 8.64. The van der Waals surface area contributed by atoms with Crippen molar-refractivity contribution in [2.24, 2.45) is 0 Å². The monoisotopic (exact) mass is 419 g/mol. The highest BCUT2D eigenvalue weighted by Crippen LogP contribution is 2.39. The number of likely N-dealkylation sites (tertiary alicyclic amines) is 1. The molecule has 1 aliphatic rings. The Morgan fingerprint density at radius 1 is 1.15 bits per heavy atom. The van der Waals surface area contributed by atoms with Gasteiger partial charge in [-0.15, -0.1) is 0 Å². The Bertz CT molecular complexity index is 895. The van der Waals surface area contributed by atoms with E-state index in [4.69, 9.17) is 0 Å². The summed E-state index contributed by atoms with van der Waals surface area (Å²) in [6.45, 7) is -0.472. The van der Waals surface area contributed by atoms with Crippen molar-refractivity contribution in [2.45, 2.75) is 6.04 Å². The average molecular weight is 420 g/mol. The van der Waals surface area contributed by atoms with Gasteiger partial charge in [0, 0.05) is 16.6 Å². The van der Waals surface area contributed by atoms with E-state index in [0.717, 1.165) is 9.37 Å². The normalized spacial score (nSPS) is 19.2. The SMILES string of the molecule is O=C1C(=O)N(CCO)[C@@H](c2cccc(F)c2)/C1=C(\O)c1ccc(Br)cc1. The number of carbonyl (C=O) groups is 2. The molecule has 1 atom stereocenters. The number of hydrogen-bond donors (Lipinski definition) is 2. The highest BCUT2D eigenvalue weighted by Gasteiger charge is 2.45. The molecule has 0 radical (unpaired) electrons. The molecule has 26 heavy (non-hydrogen) atoms. The number of halogens is 2. The van der Waals surface area contributed by atoms with Crippen LogP contribution >= 0.6 is 15.9 Å². The molecule has 0 saturated carbocycles. The zero-order chi connectivity index (χ0) is 18.8. The van der Waals surface area contributed by atoms with Crippen LogP contribution in [0.3, 0.4) is 0 Å². The third-order valence-electron chi connectivity index (χ3n) is 4.16. The molecule has 0 aliphatic carbocycles. The lowest BCUT2D eigenvalue weighted by molar-refractivity contribution is -0.140. The molecule has 0 unspecified atom stereocenters. The number of carbonyl (C=O) groups excluding carboxylic acids is 2. The van der Waals surface area contributed by atoms with E-state index in [1.165, 1.54) is 18.2 Å². The number of hydrogen-bond acceptors (Lipinski definition) is 4. The van der Waals surface area contributed by atoms with Gasteiger partial charge in [-0.1, -0.05) is 40.2 Å². The summed E-state index contributed by atoms with van der Waals surface area (Å²) in [6, 6.07) is 11.1. The molecule has 0 spiro atoms. The number of aliphatic hydroxyl groups excluding tert-OH is 2. The maximum Gasteiger partial charge on any atom is 0.295 e. The number of rotatable bonds is 4. The number of aliphatic hydroxyl groups is 2. The summed E-state index contributed by atoms with van der Waals surface area (Å²) in [5.74, 6) is -2.58. The number of benzene rings is 2. The van der Waals surface area contributed by atoms with Gasteiger partial charge in [-0.25, -0.2) is 4.39 Å². The molecular weight excluding hydrogens is 405 g/mol. The minimum Gasteiger partial charge on any atom is -0.507 e. The summed E-state index contributed by atoms with van der Waals surface area (Å²) in [7, 11) is 0. The number of β-amino-alcohol motifs (C(OH)–C–C–N with tert-alkyl or cyclic N) is 1. The second-order valence-electron chi connectivity index (χ2n) is 5.78. The summed E-state index contributed by atoms with van der Waals surface area (Å²) in [4.78, 5) is 26.1. The first-order chi connectivity index (χ1) is 12.4. The predicted octanol–water partition coefficient (Wildman–Crippen LogP) is 3.00. The van der Waals surface area contributed by atoms with E-state index < -0.39 is 23.5 Å². The number of amides is 1. The standard InChI is InChI=1S/C19H15BrFNO4/c20-13-6-4-11(5-7-13)17(24)15-16(12-2-1-3-14(21)10-12)22(8-9-23)19(26)18(15)25/h1-7,10,16,23-24H,8-9H2/b17-15+/t16-/m0/s1. The third-order valence-corrected chi connectivity index (χ3v) is 4.69. The Hall–Kier alpha value is -2.51. The van der Waals surface area contributed by atoms with Crippen LogP contribution in [0.4, 0.5) is 4.39 Å². The molecule has 0 aromatic heterocycles. The van der Waals surface area contributed by atoms with Crippen molar-refractivity contribution in [3.05, 3.63) is 75.5 Å². The molecule has 1 amide bonds. The molecule has 1 saturated heterocycles. The van der Waals surface area contributed by atoms with Gasteiger partial charge in [0.2, 0.25) is 0 Å². The molecule has 1 heterocycles. The van der Waals surface area contributed by atoms with Crippen LogP contribution in [-0.4, -0.2) is 40.0 Å². The highest BCUT2D eigenvalue weighted by molar-refractivity contribution is 9.10. The van der Waals surface area contributed by atoms with Crippen molar-refractivity contribution < 1.29 is 24.2 Å². The minimum atomic E-state index is -0.971. The third kappa shape index (κ3) is 3.27. The Kier molecular flexibility index (Phi) is 5.20. The van der Waals surface area contributed by atoms with Gasteiger partial charge in [0.05, 0.1) is 18.2 Å². The van der Waals surface area contributed by atoms with Crippen molar-refractivity contribution in [2.75, 3.05) is 13.2 Å². The Morgan fingerprint density at radius 3 is 2.46 bits per heavy atom. The summed E-state index contributed by atoms with van der Waals surface area (Å²) < 4.78 is 14.5. The molecular formula is C19H15BrFNO4. The molecule has 134 valence electrons. The topological polar surface area (TPSA) is 77.8 Å². The summed E-state index contributed by atoms with van der Waals surface area (Å²) >= 11 is 3.29. The molecule has 2 N–H and O–H groups in total. The summed E-state index contributed by atoms with van der Waals surface area (Å²) in [5, 5.41) is 20.0. The van der Waals surface area contributed by atoms with E-state index in [1.807, 2.05) is 0 Å². The quantitative estimate of drug-likeness (QED) is 0.453. The van der Waals surface area contributed by atoms with Crippen molar-refractivity contribution in [3.63, 3.8) is 0 Å². The first-order valence-electron chi connectivity index (χ1n) is 7.84. The molecule has 2 aromatic carbocycles. The van der Waals surface area contributed by atoms with Gasteiger partial charge in [0.1, 0.15) is 11.6 Å². The zero-order valence-electron chi connectivity index (χ0n) is 13.5. The molecule has 5 nitrogen and oxygen atoms in total. The Labute approximate surface area is 157 Å². The lowest BCUT2D eigenvalue weighted by Gasteiger charge is -2.24. The van der Waals surface area contributed by atoms with E-state index in [2.05, 4.69) is 15.9 Å². The van der Waals surface area contributed by atoms with E-state index in [9.17, 15) is 24.2 Å². The van der Waals surface area contributed by atoms with Crippen LogP contribution in [0.1, 0.15) is 17.2 Å². The number of ketones is 1. The van der Waals surface area contributed by atoms with Gasteiger partial charge in [0.25, 0.3) is 11.7 Å². The van der Waals surface area contributed by atoms with Crippen LogP contribution in [-0.2, 0) is 9.59 Å². The fourth-order valence-corrected chi connectivity index (χ4v) is 3.27. The highest BCUT2D eigenvalue weighted by atomic mass is 79.9. The van der Waals surface area contributed by atoms with Crippen LogP contribution in [0.25, 0.3) is 5.76 Å². The van der Waals surface area contributed by atoms with E-state index >= 15 is 0 Å². The second kappa shape index (κ2) is 7.39. The number of nitrogens with zero attached hydrogens (tertiary/aromatic N) is 1. The van der Waals surface area contributed by atoms with Crippen molar-refractivity contribution in [1.82, 2.24) is 4.90 Å². The van der Waals surface area contributed by atoms with Gasteiger partial charge < -0.3 is 15.1 Å². The van der Waals surface area contributed by atoms with Crippen molar-refractivity contribution in [1.29, 1.82) is 0 Å². The van der Waals surface area contributed by atoms with Crippen molar-refractivity contribution >= 4 is 33.4 Å². The number of Topliss-reactive ketones (excluding diaryl/α,β-unsaturated/α-hetero) is 1. The van der Waals surface area contributed by atoms with E-state index in [-0.39, 0.29) is 24.5 Å². The molecule has 0 bridgehead atoms. The van der Waals surface area contributed by atoms with E-state index in [1.54, 1.807) is 30.3 Å². The zero-order valence-corrected chi connectivity index (χ0v) is 15.1. The van der Waals surface area contributed by atoms with Gasteiger partial charge in [0.15, 0.2) is 0 Å². The molecule has 1 fully saturated rings. The van der Waals surface area contributed by atoms with Crippen LogP contribution in [0.15, 0.2) is 58.6 Å². The van der Waals surface area contributed by atoms with Gasteiger partial charge in [-0.05, 0) is 29.8 Å². The molecule has 1 aliphatic heterocycles. The summed E-state index contributed by atoms with van der Waals surface area (Å²) in [6.07, 6.45) is 0. The second-order valence-corrected chi connectivity index (χ2v) is 6.69. The van der Waals surface area contributed by atoms with Crippen LogP contribution in [0.5, 0.6) is 0 Å². The minimum absolute atomic E-state index is 0.108. The molecule has 3 rings (SSSR count). The van der Waals surface area contributed by atoms with Gasteiger partial charge in [-0.3, -0.25) is 9.59 Å². The van der Waals surface area contributed by atoms with Crippen LogP contribution in [0.2, 0.25) is 0 Å². The van der Waals surface area contributed by atoms with Crippen molar-refractivity contribution in [3.8, 4) is 0 Å². The predicted molar refractivity (Wildman–Crippen MR) is 96.6 cm³/mol. The maximum atomic E-state index is 13.7. The van der Waals surface area contributed by atoms with Gasteiger partial charge >= 0.3 is 0 Å². The lowest BCUT2D eigenvalue weighted by atomic mass is 9.95. The largest absolute Gasteiger partial charge is 0.507 e. The van der Waals surface area contributed by atoms with Gasteiger partial charge in [-0.2, -0.15) is 0 Å². The van der Waals surface area contributed by atoms with Crippen LogP contribution < -0.4 is 0 Å². The maximum absolute atomic E-state index is 13.7. The molecule has 7 heteroatoms. The smallest absolute Gasteiger partial charge is 0.295 e. The van der Waals surface area contributed by atoms with E-state index in [0.29, 0.717) is 11.1 Å². The lowest BCUT2D eigenvalue weighted by Crippen LogP contribution is -2.32. The Balaban J connectivity index is 2.19. The van der Waals surface area contributed by atoms with Crippen LogP contribution in [0, 0.1) is 5.82 Å². The summed E-state index contributed by atoms with van der Waals surface area (Å²) in [5.41, 5.74) is 0.573. The average Bonchev–Trinajstić information content (AvgIpc) is 2.87. The first kappa shape index (κ1) is 18.3. The molecule has 2 aromatic rings.